The maximum atomic E-state index is 13.5. The fourth-order valence-corrected chi connectivity index (χ4v) is 4.77. The van der Waals surface area contributed by atoms with Crippen LogP contribution in [0.2, 0.25) is 0 Å². The van der Waals surface area contributed by atoms with E-state index in [1.807, 2.05) is 55.5 Å². The first-order chi connectivity index (χ1) is 14.8. The lowest BCUT2D eigenvalue weighted by Crippen LogP contribution is -2.43. The van der Waals surface area contributed by atoms with Crippen molar-refractivity contribution >= 4 is 17.4 Å². The number of benzene rings is 2. The van der Waals surface area contributed by atoms with Crippen LogP contribution in [0.1, 0.15) is 51.5 Å². The second-order valence-electron chi connectivity index (χ2n) is 8.96. The van der Waals surface area contributed by atoms with E-state index in [1.165, 1.54) is 0 Å². The van der Waals surface area contributed by atoms with Crippen molar-refractivity contribution in [2.75, 3.05) is 18.6 Å². The topological polar surface area (TPSA) is 55.8 Å². The lowest BCUT2D eigenvalue weighted by Gasteiger charge is -2.43. The van der Waals surface area contributed by atoms with E-state index in [0.717, 1.165) is 34.0 Å². The second kappa shape index (κ2) is 8.22. The summed E-state index contributed by atoms with van der Waals surface area (Å²) in [6.07, 6.45) is 1.38. The third-order valence-corrected chi connectivity index (χ3v) is 6.07. The van der Waals surface area contributed by atoms with Crippen LogP contribution in [0.25, 0.3) is 0 Å². The zero-order valence-corrected chi connectivity index (χ0v) is 18.6. The molecule has 31 heavy (non-hydrogen) atoms. The predicted molar refractivity (Wildman–Crippen MR) is 120 cm³/mol. The zero-order chi connectivity index (χ0) is 22.2. The average molecular weight is 420 g/mol. The van der Waals surface area contributed by atoms with E-state index in [0.29, 0.717) is 19.4 Å². The van der Waals surface area contributed by atoms with Gasteiger partial charge < -0.3 is 9.47 Å². The Morgan fingerprint density at radius 3 is 2.42 bits per heavy atom. The first-order valence-electron chi connectivity index (χ1n) is 10.8. The predicted octanol–water partition coefficient (Wildman–Crippen LogP) is 5.26. The van der Waals surface area contributed by atoms with Crippen LogP contribution in [0.4, 0.5) is 5.69 Å². The van der Waals surface area contributed by atoms with Gasteiger partial charge in [-0.3, -0.25) is 14.5 Å². The highest BCUT2D eigenvalue weighted by atomic mass is 16.5. The van der Waals surface area contributed by atoms with Crippen molar-refractivity contribution in [3.8, 4) is 11.5 Å². The van der Waals surface area contributed by atoms with E-state index in [4.69, 9.17) is 9.47 Å². The number of ether oxygens (including phenoxy) is 2. The number of amides is 1. The Morgan fingerprint density at radius 1 is 1.03 bits per heavy atom. The van der Waals surface area contributed by atoms with E-state index in [2.05, 4.69) is 13.8 Å². The smallest absolute Gasteiger partial charge is 0.232 e. The van der Waals surface area contributed by atoms with E-state index in [1.54, 1.807) is 12.0 Å². The lowest BCUT2D eigenvalue weighted by molar-refractivity contribution is -0.121. The fourth-order valence-electron chi connectivity index (χ4n) is 4.77. The van der Waals surface area contributed by atoms with Crippen molar-refractivity contribution < 1.29 is 19.1 Å². The minimum atomic E-state index is -0.289. The summed E-state index contributed by atoms with van der Waals surface area (Å²) in [4.78, 5) is 28.7. The Morgan fingerprint density at radius 2 is 1.74 bits per heavy atom. The van der Waals surface area contributed by atoms with Gasteiger partial charge in [-0.25, -0.2) is 0 Å². The van der Waals surface area contributed by atoms with Crippen LogP contribution in [0.5, 0.6) is 11.5 Å². The molecule has 4 rings (SSSR count). The van der Waals surface area contributed by atoms with Crippen molar-refractivity contribution in [1.29, 1.82) is 0 Å². The first kappa shape index (κ1) is 21.2. The van der Waals surface area contributed by atoms with Gasteiger partial charge in [-0.1, -0.05) is 32.0 Å². The molecule has 1 aliphatic heterocycles. The number of Topliss-reactive ketones (excluding diaryl/α,β-unsaturated/α-hetero) is 1. The molecule has 2 aromatic carbocycles. The first-order valence-corrected chi connectivity index (χ1v) is 10.8. The summed E-state index contributed by atoms with van der Waals surface area (Å²) < 4.78 is 11.1. The molecule has 5 nitrogen and oxygen atoms in total. The highest BCUT2D eigenvalue weighted by Crippen LogP contribution is 2.49. The summed E-state index contributed by atoms with van der Waals surface area (Å²) in [5.74, 6) is 1.29. The number of rotatable bonds is 5. The number of hydrogen-bond acceptors (Lipinski definition) is 4. The quantitative estimate of drug-likeness (QED) is 0.664. The Balaban J connectivity index is 1.87. The number of carbonyl (C=O) groups excluding carboxylic acids is 2. The highest BCUT2D eigenvalue weighted by Gasteiger charge is 2.44. The second-order valence-corrected chi connectivity index (χ2v) is 8.96. The van der Waals surface area contributed by atoms with Crippen molar-refractivity contribution in [2.24, 2.45) is 5.41 Å². The highest BCUT2D eigenvalue weighted by molar-refractivity contribution is 6.08. The summed E-state index contributed by atoms with van der Waals surface area (Å²) in [6.45, 7) is 6.64. The molecule has 0 radical (unpaired) electrons. The van der Waals surface area contributed by atoms with Gasteiger partial charge in [0.15, 0.2) is 5.78 Å². The van der Waals surface area contributed by atoms with Crippen LogP contribution in [0.3, 0.4) is 0 Å². The molecule has 162 valence electrons. The van der Waals surface area contributed by atoms with Crippen molar-refractivity contribution in [2.45, 2.75) is 46.0 Å². The van der Waals surface area contributed by atoms with E-state index >= 15 is 0 Å². The van der Waals surface area contributed by atoms with E-state index in [-0.39, 0.29) is 29.4 Å². The van der Waals surface area contributed by atoms with Gasteiger partial charge in [0.2, 0.25) is 5.91 Å². The molecular formula is C26H29NO4. The number of ketones is 1. The summed E-state index contributed by atoms with van der Waals surface area (Å²) in [5, 5.41) is 0. The Hall–Kier alpha value is -3.08. The van der Waals surface area contributed by atoms with Gasteiger partial charge in [-0.15, -0.1) is 0 Å². The van der Waals surface area contributed by atoms with Gasteiger partial charge in [0, 0.05) is 41.3 Å². The molecule has 1 amide bonds. The number of nitrogens with zero attached hydrogens (tertiary/aromatic N) is 1. The van der Waals surface area contributed by atoms with Crippen LogP contribution in [-0.4, -0.2) is 25.4 Å². The molecule has 2 aliphatic rings. The SMILES string of the molecule is CCOc1ccccc1C1CC(=O)N(c2ccc(OC)cc2)C2=C1C(=O)CC(C)(C)C2. The molecule has 0 saturated carbocycles. The molecule has 1 aliphatic carbocycles. The molecule has 0 spiro atoms. The molecule has 2 aromatic rings. The van der Waals surface area contributed by atoms with Crippen molar-refractivity contribution in [3.63, 3.8) is 0 Å². The van der Waals surface area contributed by atoms with Crippen LogP contribution in [-0.2, 0) is 9.59 Å². The fraction of sp³-hybridized carbons (Fsp3) is 0.385. The zero-order valence-electron chi connectivity index (χ0n) is 18.6. The molecule has 5 heteroatoms. The van der Waals surface area contributed by atoms with Crippen LogP contribution < -0.4 is 14.4 Å². The molecule has 0 N–H and O–H groups in total. The number of methoxy groups -OCH3 is 1. The standard InChI is InChI=1S/C26H29NO4/c1-5-31-23-9-7-6-8-19(23)20-14-24(29)27(17-10-12-18(30-4)13-11-17)21-15-26(2,3)16-22(28)25(20)21/h6-13,20H,5,14-16H2,1-4H3. The number of para-hydroxylation sites is 1. The van der Waals surface area contributed by atoms with Crippen LogP contribution >= 0.6 is 0 Å². The normalized spacial score (nSPS) is 20.5. The van der Waals surface area contributed by atoms with Gasteiger partial charge in [-0.2, -0.15) is 0 Å². The van der Waals surface area contributed by atoms with Crippen LogP contribution in [0.15, 0.2) is 59.8 Å². The van der Waals surface area contributed by atoms with Gasteiger partial charge in [-0.05, 0) is 49.1 Å². The van der Waals surface area contributed by atoms with Crippen LogP contribution in [0, 0.1) is 5.41 Å². The summed E-state index contributed by atoms with van der Waals surface area (Å²) in [7, 11) is 1.62. The number of anilines is 1. The van der Waals surface area contributed by atoms with Crippen molar-refractivity contribution in [3.05, 3.63) is 65.4 Å². The number of allylic oxidation sites excluding steroid dienone is 2. The molecular weight excluding hydrogens is 390 g/mol. The molecule has 1 heterocycles. The molecule has 1 unspecified atom stereocenters. The maximum Gasteiger partial charge on any atom is 0.232 e. The van der Waals surface area contributed by atoms with Gasteiger partial charge in [0.1, 0.15) is 11.5 Å². The van der Waals surface area contributed by atoms with Crippen molar-refractivity contribution in [1.82, 2.24) is 0 Å². The Bertz CT molecular complexity index is 1040. The van der Waals surface area contributed by atoms with Gasteiger partial charge in [0.25, 0.3) is 0 Å². The third-order valence-electron chi connectivity index (χ3n) is 6.07. The molecule has 0 fully saturated rings. The maximum absolute atomic E-state index is 13.5. The number of carbonyl (C=O) groups is 2. The number of hydrogen-bond donors (Lipinski definition) is 0. The summed E-state index contributed by atoms with van der Waals surface area (Å²) >= 11 is 0. The Labute approximate surface area is 183 Å². The Kier molecular flexibility index (Phi) is 5.61. The molecule has 0 saturated heterocycles. The largest absolute Gasteiger partial charge is 0.497 e. The summed E-state index contributed by atoms with van der Waals surface area (Å²) in [5.41, 5.74) is 3.04. The average Bonchev–Trinajstić information content (AvgIpc) is 2.73. The van der Waals surface area contributed by atoms with E-state index < -0.39 is 0 Å². The third kappa shape index (κ3) is 3.97. The molecule has 1 atom stereocenters. The summed E-state index contributed by atoms with van der Waals surface area (Å²) in [6, 6.07) is 15.2. The minimum absolute atomic E-state index is 0.00859. The van der Waals surface area contributed by atoms with E-state index in [9.17, 15) is 9.59 Å². The monoisotopic (exact) mass is 419 g/mol. The van der Waals surface area contributed by atoms with Gasteiger partial charge >= 0.3 is 0 Å². The minimum Gasteiger partial charge on any atom is -0.497 e. The molecule has 0 aromatic heterocycles. The lowest BCUT2D eigenvalue weighted by atomic mass is 9.69. The van der Waals surface area contributed by atoms with Gasteiger partial charge in [0.05, 0.1) is 13.7 Å². The molecule has 0 bridgehead atoms.